The van der Waals surface area contributed by atoms with Crippen molar-refractivity contribution < 1.29 is 16.8 Å². The van der Waals surface area contributed by atoms with Gasteiger partial charge in [-0.3, -0.25) is 0 Å². The van der Waals surface area contributed by atoms with E-state index in [0.29, 0.717) is 0 Å². The van der Waals surface area contributed by atoms with E-state index < -0.39 is 20.0 Å². The van der Waals surface area contributed by atoms with Crippen molar-refractivity contribution in [1.82, 2.24) is 9.03 Å². The first-order chi connectivity index (χ1) is 11.2. The zero-order chi connectivity index (χ0) is 17.8. The van der Waals surface area contributed by atoms with Crippen molar-refractivity contribution in [1.29, 1.82) is 0 Å². The highest BCUT2D eigenvalue weighted by atomic mass is 32.2. The zero-order valence-electron chi connectivity index (χ0n) is 13.5. The number of hydrogen-bond donors (Lipinski definition) is 1. The van der Waals surface area contributed by atoms with Crippen LogP contribution in [0.5, 0.6) is 0 Å². The van der Waals surface area contributed by atoms with Crippen LogP contribution in [0.2, 0.25) is 0 Å². The Morgan fingerprint density at radius 1 is 1.04 bits per heavy atom. The summed E-state index contributed by atoms with van der Waals surface area (Å²) < 4.78 is 52.1. The SMILES string of the molecule is Cc1ccc(S(=O)(=O)NCCN(Cc2ccccc2)S(C)(=O)=O)s1. The zero-order valence-corrected chi connectivity index (χ0v) is 15.9. The number of benzene rings is 1. The number of nitrogens with zero attached hydrogens (tertiary/aromatic N) is 1. The van der Waals surface area contributed by atoms with E-state index in [-0.39, 0.29) is 23.8 Å². The van der Waals surface area contributed by atoms with E-state index in [4.69, 9.17) is 0 Å². The monoisotopic (exact) mass is 388 g/mol. The van der Waals surface area contributed by atoms with Gasteiger partial charge >= 0.3 is 0 Å². The molecule has 0 aliphatic carbocycles. The smallest absolute Gasteiger partial charge is 0.212 e. The lowest BCUT2D eigenvalue weighted by molar-refractivity contribution is 0.412. The van der Waals surface area contributed by atoms with Gasteiger partial charge in [-0.2, -0.15) is 4.31 Å². The standard InChI is InChI=1S/C15H20N2O4S3/c1-13-8-9-15(22-13)24(20,21)16-10-11-17(23(2,18)19)12-14-6-4-3-5-7-14/h3-9,16H,10-12H2,1-2H3. The highest BCUT2D eigenvalue weighted by molar-refractivity contribution is 7.91. The molecule has 0 amide bonds. The number of aryl methyl sites for hydroxylation is 1. The molecule has 0 atom stereocenters. The maximum Gasteiger partial charge on any atom is 0.250 e. The van der Waals surface area contributed by atoms with Crippen LogP contribution in [0.25, 0.3) is 0 Å². The molecule has 24 heavy (non-hydrogen) atoms. The molecular weight excluding hydrogens is 368 g/mol. The van der Waals surface area contributed by atoms with Crippen LogP contribution >= 0.6 is 11.3 Å². The maximum absolute atomic E-state index is 12.2. The van der Waals surface area contributed by atoms with Gasteiger partial charge in [0, 0.05) is 24.5 Å². The van der Waals surface area contributed by atoms with Gasteiger partial charge in [0.05, 0.1) is 6.26 Å². The summed E-state index contributed by atoms with van der Waals surface area (Å²) in [6, 6.07) is 12.5. The van der Waals surface area contributed by atoms with Crippen LogP contribution in [-0.4, -0.2) is 40.5 Å². The molecule has 0 saturated carbocycles. The molecule has 0 saturated heterocycles. The van der Waals surface area contributed by atoms with Crippen molar-refractivity contribution in [3.63, 3.8) is 0 Å². The molecule has 0 fully saturated rings. The molecule has 0 spiro atoms. The summed E-state index contributed by atoms with van der Waals surface area (Å²) in [5, 5.41) is 0. The van der Waals surface area contributed by atoms with Gasteiger partial charge in [0.1, 0.15) is 4.21 Å². The second kappa shape index (κ2) is 7.75. The molecule has 9 heteroatoms. The second-order valence-electron chi connectivity index (χ2n) is 5.35. The van der Waals surface area contributed by atoms with E-state index in [1.165, 1.54) is 15.6 Å². The molecule has 1 heterocycles. The highest BCUT2D eigenvalue weighted by Crippen LogP contribution is 2.20. The van der Waals surface area contributed by atoms with Crippen molar-refractivity contribution in [2.45, 2.75) is 17.7 Å². The van der Waals surface area contributed by atoms with Gasteiger partial charge in [-0.05, 0) is 24.6 Å². The fraction of sp³-hybridized carbons (Fsp3) is 0.333. The first-order valence-corrected chi connectivity index (χ1v) is 11.4. The molecule has 1 aromatic heterocycles. The molecule has 1 N–H and O–H groups in total. The van der Waals surface area contributed by atoms with Crippen LogP contribution in [0.1, 0.15) is 10.4 Å². The normalized spacial score (nSPS) is 12.6. The number of nitrogens with one attached hydrogen (secondary N) is 1. The van der Waals surface area contributed by atoms with Crippen molar-refractivity contribution in [3.05, 3.63) is 52.9 Å². The van der Waals surface area contributed by atoms with E-state index in [1.807, 2.05) is 37.3 Å². The van der Waals surface area contributed by atoms with Crippen molar-refractivity contribution in [3.8, 4) is 0 Å². The van der Waals surface area contributed by atoms with Crippen molar-refractivity contribution in [2.24, 2.45) is 0 Å². The summed E-state index contributed by atoms with van der Waals surface area (Å²) in [7, 11) is -7.05. The molecule has 0 aliphatic rings. The average molecular weight is 389 g/mol. The van der Waals surface area contributed by atoms with E-state index in [0.717, 1.165) is 16.7 Å². The molecule has 2 rings (SSSR count). The predicted molar refractivity (Wildman–Crippen MR) is 95.9 cm³/mol. The van der Waals surface area contributed by atoms with E-state index >= 15 is 0 Å². The Bertz CT molecular complexity index is 874. The summed E-state index contributed by atoms with van der Waals surface area (Å²) in [6.45, 7) is 2.12. The average Bonchev–Trinajstić information content (AvgIpc) is 2.94. The van der Waals surface area contributed by atoms with Crippen molar-refractivity contribution in [2.75, 3.05) is 19.3 Å². The van der Waals surface area contributed by atoms with Crippen LogP contribution in [0.15, 0.2) is 46.7 Å². The van der Waals surface area contributed by atoms with Crippen LogP contribution < -0.4 is 4.72 Å². The maximum atomic E-state index is 12.2. The number of sulfonamides is 2. The Labute approximate surface area is 147 Å². The molecule has 1 aromatic carbocycles. The summed E-state index contributed by atoms with van der Waals surface area (Å²) in [4.78, 5) is 0.900. The second-order valence-corrected chi connectivity index (χ2v) is 10.6. The van der Waals surface area contributed by atoms with Gasteiger partial charge in [0.2, 0.25) is 20.0 Å². The minimum Gasteiger partial charge on any atom is -0.212 e. The molecule has 132 valence electrons. The Morgan fingerprint density at radius 2 is 1.71 bits per heavy atom. The summed E-state index contributed by atoms with van der Waals surface area (Å²) in [5.41, 5.74) is 0.847. The third-order valence-corrected chi connectivity index (χ3v) is 7.51. The van der Waals surface area contributed by atoms with Crippen LogP contribution in [0.3, 0.4) is 0 Å². The van der Waals surface area contributed by atoms with Crippen LogP contribution in [0.4, 0.5) is 0 Å². The van der Waals surface area contributed by atoms with Gasteiger partial charge in [0.25, 0.3) is 0 Å². The van der Waals surface area contributed by atoms with E-state index in [9.17, 15) is 16.8 Å². The van der Waals surface area contributed by atoms with Gasteiger partial charge in [-0.25, -0.2) is 21.6 Å². The summed E-state index contributed by atoms with van der Waals surface area (Å²) >= 11 is 1.18. The Balaban J connectivity index is 2.01. The lowest BCUT2D eigenvalue weighted by Gasteiger charge is -2.20. The number of hydrogen-bond acceptors (Lipinski definition) is 5. The molecular formula is C15H20N2O4S3. The number of rotatable bonds is 8. The third-order valence-electron chi connectivity index (χ3n) is 3.30. The molecule has 0 aliphatic heterocycles. The Kier molecular flexibility index (Phi) is 6.16. The van der Waals surface area contributed by atoms with Crippen LogP contribution in [-0.2, 0) is 26.6 Å². The van der Waals surface area contributed by atoms with E-state index in [2.05, 4.69) is 4.72 Å². The largest absolute Gasteiger partial charge is 0.250 e. The highest BCUT2D eigenvalue weighted by Gasteiger charge is 2.20. The van der Waals surface area contributed by atoms with Gasteiger partial charge in [-0.1, -0.05) is 30.3 Å². The predicted octanol–water partition coefficient (Wildman–Crippen LogP) is 1.80. The topological polar surface area (TPSA) is 83.6 Å². The molecule has 0 unspecified atom stereocenters. The first-order valence-electron chi connectivity index (χ1n) is 7.23. The third kappa shape index (κ3) is 5.38. The van der Waals surface area contributed by atoms with Gasteiger partial charge in [-0.15, -0.1) is 11.3 Å². The number of thiophene rings is 1. The lowest BCUT2D eigenvalue weighted by atomic mass is 10.2. The van der Waals surface area contributed by atoms with Gasteiger partial charge < -0.3 is 0 Å². The van der Waals surface area contributed by atoms with Crippen LogP contribution in [0, 0.1) is 6.92 Å². The fourth-order valence-corrected chi connectivity index (χ4v) is 5.24. The van der Waals surface area contributed by atoms with Gasteiger partial charge in [0.15, 0.2) is 0 Å². The Morgan fingerprint density at radius 3 is 2.25 bits per heavy atom. The lowest BCUT2D eigenvalue weighted by Crippen LogP contribution is -2.37. The summed E-state index contributed by atoms with van der Waals surface area (Å²) in [6.07, 6.45) is 1.12. The first kappa shape index (κ1) is 19.1. The minimum absolute atomic E-state index is 0.0131. The minimum atomic E-state index is -3.61. The van der Waals surface area contributed by atoms with Crippen molar-refractivity contribution >= 4 is 31.4 Å². The fourth-order valence-electron chi connectivity index (χ4n) is 2.08. The molecule has 0 radical (unpaired) electrons. The van der Waals surface area contributed by atoms with E-state index in [1.54, 1.807) is 12.1 Å². The Hall–Kier alpha value is -1.26. The summed E-state index contributed by atoms with van der Waals surface area (Å²) in [5.74, 6) is 0. The molecule has 0 bridgehead atoms. The quantitative estimate of drug-likeness (QED) is 0.747. The molecule has 6 nitrogen and oxygen atoms in total. The molecule has 2 aromatic rings.